The van der Waals surface area contributed by atoms with Gasteiger partial charge < -0.3 is 23.4 Å². The molecule has 0 radical (unpaired) electrons. The summed E-state index contributed by atoms with van der Waals surface area (Å²) in [6, 6.07) is 5.22. The molecule has 0 spiro atoms. The Hall–Kier alpha value is -0.870. The Labute approximate surface area is 193 Å². The van der Waals surface area contributed by atoms with E-state index in [0.717, 1.165) is 5.56 Å². The van der Waals surface area contributed by atoms with E-state index in [0.29, 0.717) is 24.2 Å². The van der Waals surface area contributed by atoms with Crippen molar-refractivity contribution >= 4 is 35.9 Å². The van der Waals surface area contributed by atoms with Crippen LogP contribution in [-0.4, -0.2) is 44.7 Å². The minimum Gasteiger partial charge on any atom is -0.596 e. The van der Waals surface area contributed by atoms with E-state index in [2.05, 4.69) is 5.32 Å². The van der Waals surface area contributed by atoms with Crippen molar-refractivity contribution < 1.29 is 28.2 Å². The van der Waals surface area contributed by atoms with Crippen LogP contribution in [0.5, 0.6) is 5.75 Å². The summed E-state index contributed by atoms with van der Waals surface area (Å²) in [5, 5.41) is 10.9. The normalized spacial score (nSPS) is 18.2. The van der Waals surface area contributed by atoms with Crippen LogP contribution in [0.3, 0.4) is 0 Å². The number of nitrogens with one attached hydrogen (secondary N) is 1. The van der Waals surface area contributed by atoms with Gasteiger partial charge in [-0.2, -0.15) is 0 Å². The SMILES string of the molecule is CCOP(=S)(OCC)N(C(C)CC)[S+]([O-])C(NC(=O)O)c1cccc2c1OC(C)(C)C2. The number of benzene rings is 1. The lowest BCUT2D eigenvalue weighted by atomic mass is 10.0. The second-order valence-corrected chi connectivity index (χ2v) is 12.8. The van der Waals surface area contributed by atoms with Gasteiger partial charge in [0.2, 0.25) is 5.37 Å². The van der Waals surface area contributed by atoms with Gasteiger partial charge in [0.05, 0.1) is 36.2 Å². The predicted octanol–water partition coefficient (Wildman–Crippen LogP) is 4.73. The molecule has 0 saturated heterocycles. The first-order valence-electron chi connectivity index (χ1n) is 10.4. The highest BCUT2D eigenvalue weighted by molar-refractivity contribution is 8.13. The molecule has 1 aliphatic heterocycles. The maximum absolute atomic E-state index is 14.0. The van der Waals surface area contributed by atoms with Gasteiger partial charge in [-0.15, -0.1) is 0 Å². The van der Waals surface area contributed by atoms with Gasteiger partial charge in [-0.1, -0.05) is 19.1 Å². The lowest BCUT2D eigenvalue weighted by Crippen LogP contribution is -2.45. The maximum Gasteiger partial charge on any atom is 0.408 e. The number of ether oxygens (including phenoxy) is 1. The van der Waals surface area contributed by atoms with Crippen molar-refractivity contribution in [3.05, 3.63) is 29.3 Å². The number of carboxylic acid groups (broad SMARTS) is 1. The van der Waals surface area contributed by atoms with Gasteiger partial charge in [0.25, 0.3) is 0 Å². The zero-order valence-electron chi connectivity index (χ0n) is 18.9. The molecule has 1 heterocycles. The lowest BCUT2D eigenvalue weighted by Gasteiger charge is -2.38. The molecule has 0 bridgehead atoms. The second kappa shape index (κ2) is 10.8. The molecule has 176 valence electrons. The number of amides is 1. The molecule has 3 unspecified atom stereocenters. The highest BCUT2D eigenvalue weighted by Gasteiger charge is 2.47. The lowest BCUT2D eigenvalue weighted by molar-refractivity contribution is 0.136. The van der Waals surface area contributed by atoms with Gasteiger partial charge in [0, 0.05) is 6.42 Å². The Bertz CT molecular complexity index is 815. The molecule has 8 nitrogen and oxygen atoms in total. The minimum absolute atomic E-state index is 0.267. The number of hydrogen-bond acceptors (Lipinski definition) is 6. The molecule has 11 heteroatoms. The van der Waals surface area contributed by atoms with Crippen LogP contribution >= 0.6 is 6.64 Å². The first-order chi connectivity index (χ1) is 14.5. The molecule has 0 fully saturated rings. The largest absolute Gasteiger partial charge is 0.596 e. The Kier molecular flexibility index (Phi) is 9.22. The monoisotopic (exact) mass is 492 g/mol. The molecular formula is C20H33N2O6PS2. The second-order valence-electron chi connectivity index (χ2n) is 7.84. The molecule has 0 aliphatic carbocycles. The van der Waals surface area contributed by atoms with E-state index >= 15 is 0 Å². The van der Waals surface area contributed by atoms with Gasteiger partial charge in [-0.25, -0.2) is 4.79 Å². The third-order valence-corrected chi connectivity index (χ3v) is 11.0. The van der Waals surface area contributed by atoms with Gasteiger partial charge in [0.1, 0.15) is 11.4 Å². The van der Waals surface area contributed by atoms with Crippen LogP contribution in [0.2, 0.25) is 0 Å². The Morgan fingerprint density at radius 2 is 2.00 bits per heavy atom. The molecule has 2 N–H and O–H groups in total. The Morgan fingerprint density at radius 3 is 2.52 bits per heavy atom. The number of para-hydroxylation sites is 1. The summed E-state index contributed by atoms with van der Waals surface area (Å²) in [5.41, 5.74) is 1.02. The smallest absolute Gasteiger partial charge is 0.408 e. The molecule has 2 rings (SSSR count). The standard InChI is InChI=1S/C20H33N2O6PS2/c1-7-14(4)22(29(30,26-8-2)27-9-3)31(25)18(21-19(23)24)16-12-10-11-15-13-20(5,6)28-17(15)16/h10-12,14,18,21H,7-9,13H2,1-6H3,(H,23,24). The van der Waals surface area contributed by atoms with Crippen LogP contribution in [0.1, 0.15) is 64.5 Å². The number of nitrogens with zero attached hydrogens (tertiary/aromatic N) is 1. The fourth-order valence-electron chi connectivity index (χ4n) is 3.45. The Morgan fingerprint density at radius 1 is 1.39 bits per heavy atom. The van der Waals surface area contributed by atoms with E-state index in [1.807, 2.05) is 39.8 Å². The van der Waals surface area contributed by atoms with Crippen molar-refractivity contribution in [3.8, 4) is 5.75 Å². The summed E-state index contributed by atoms with van der Waals surface area (Å²) >= 11 is 3.82. The number of hydrogen-bond donors (Lipinski definition) is 2. The van der Waals surface area contributed by atoms with Crippen molar-refractivity contribution in [3.63, 3.8) is 0 Å². The molecule has 1 aliphatic rings. The van der Waals surface area contributed by atoms with Gasteiger partial charge in [-0.05, 0) is 68.6 Å². The van der Waals surface area contributed by atoms with E-state index in [4.69, 9.17) is 25.6 Å². The van der Waals surface area contributed by atoms with E-state index in [9.17, 15) is 14.5 Å². The third kappa shape index (κ3) is 6.13. The average molecular weight is 493 g/mol. The molecule has 0 saturated carbocycles. The molecule has 31 heavy (non-hydrogen) atoms. The first kappa shape index (κ1) is 26.4. The summed E-state index contributed by atoms with van der Waals surface area (Å²) < 4.78 is 33.3. The molecule has 0 aromatic heterocycles. The van der Waals surface area contributed by atoms with Gasteiger partial charge >= 0.3 is 12.7 Å². The van der Waals surface area contributed by atoms with Crippen LogP contribution in [0.4, 0.5) is 4.79 Å². The summed E-state index contributed by atoms with van der Waals surface area (Å²) in [4.78, 5) is 11.7. The van der Waals surface area contributed by atoms with Crippen LogP contribution in [-0.2, 0) is 38.6 Å². The molecule has 3 atom stereocenters. The van der Waals surface area contributed by atoms with Gasteiger partial charge in [0.15, 0.2) is 0 Å². The van der Waals surface area contributed by atoms with E-state index in [1.165, 1.54) is 4.08 Å². The topological polar surface area (TPSA) is 103 Å². The van der Waals surface area contributed by atoms with Crippen molar-refractivity contribution in [2.75, 3.05) is 13.2 Å². The first-order valence-corrected chi connectivity index (χ1v) is 14.2. The van der Waals surface area contributed by atoms with E-state index in [-0.39, 0.29) is 19.3 Å². The quantitative estimate of drug-likeness (QED) is 0.338. The summed E-state index contributed by atoms with van der Waals surface area (Å²) in [5.74, 6) is 0.560. The highest BCUT2D eigenvalue weighted by Crippen LogP contribution is 2.57. The van der Waals surface area contributed by atoms with Crippen molar-refractivity contribution in [2.24, 2.45) is 0 Å². The van der Waals surface area contributed by atoms with Crippen molar-refractivity contribution in [2.45, 2.75) is 71.4 Å². The fraction of sp³-hybridized carbons (Fsp3) is 0.650. The highest BCUT2D eigenvalue weighted by atomic mass is 32.5. The average Bonchev–Trinajstić information content (AvgIpc) is 3.00. The van der Waals surface area contributed by atoms with E-state index in [1.54, 1.807) is 19.9 Å². The summed E-state index contributed by atoms with van der Waals surface area (Å²) in [6.45, 7) is 8.78. The summed E-state index contributed by atoms with van der Waals surface area (Å²) in [7, 11) is 0. The molecule has 1 amide bonds. The number of fused-ring (bicyclic) bond motifs is 1. The maximum atomic E-state index is 14.0. The predicted molar refractivity (Wildman–Crippen MR) is 126 cm³/mol. The van der Waals surface area contributed by atoms with Crippen LogP contribution in [0.15, 0.2) is 18.2 Å². The third-order valence-electron chi connectivity index (χ3n) is 4.84. The zero-order chi connectivity index (χ0) is 23.4. The zero-order valence-corrected chi connectivity index (χ0v) is 21.4. The number of carbonyl (C=O) groups is 1. The van der Waals surface area contributed by atoms with Crippen molar-refractivity contribution in [1.82, 2.24) is 9.39 Å². The molecular weight excluding hydrogens is 459 g/mol. The number of rotatable bonds is 11. The minimum atomic E-state index is -3.13. The summed E-state index contributed by atoms with van der Waals surface area (Å²) in [6.07, 6.45) is 0.00653. The van der Waals surface area contributed by atoms with Crippen molar-refractivity contribution in [1.29, 1.82) is 0 Å². The van der Waals surface area contributed by atoms with Crippen LogP contribution in [0, 0.1) is 0 Å². The van der Waals surface area contributed by atoms with Crippen LogP contribution < -0.4 is 10.1 Å². The molecule has 1 aromatic carbocycles. The molecule has 1 aromatic rings. The Balaban J connectivity index is 2.58. The van der Waals surface area contributed by atoms with Gasteiger partial charge in [-0.3, -0.25) is 5.32 Å². The van der Waals surface area contributed by atoms with Crippen LogP contribution in [0.25, 0.3) is 0 Å². The fourth-order valence-corrected chi connectivity index (χ4v) is 9.44. The van der Waals surface area contributed by atoms with E-state index < -0.39 is 35.1 Å².